The molecule has 0 saturated heterocycles. The fourth-order valence-electron chi connectivity index (χ4n) is 1.53. The van der Waals surface area contributed by atoms with Crippen molar-refractivity contribution < 1.29 is 27.9 Å². The zero-order valence-electron chi connectivity index (χ0n) is 11.5. The Hall–Kier alpha value is -1.64. The number of rotatable bonds is 5. The summed E-state index contributed by atoms with van der Waals surface area (Å²) in [5.41, 5.74) is -1.85. The Kier molecular flexibility index (Phi) is 4.98. The number of ether oxygens (including phenoxy) is 1. The molecule has 0 amide bonds. The molecule has 0 heterocycles. The lowest BCUT2D eigenvalue weighted by atomic mass is 10.1. The molecular formula is C12H14ClNO6S. The van der Waals surface area contributed by atoms with Crippen molar-refractivity contribution in [1.29, 1.82) is 0 Å². The highest BCUT2D eigenvalue weighted by Crippen LogP contribution is 2.21. The number of sulfonamides is 1. The molecule has 0 aliphatic heterocycles. The van der Waals surface area contributed by atoms with Crippen molar-refractivity contribution in [2.75, 3.05) is 7.11 Å². The van der Waals surface area contributed by atoms with Gasteiger partial charge in [-0.25, -0.2) is 13.2 Å². The second kappa shape index (κ2) is 6.00. The van der Waals surface area contributed by atoms with Gasteiger partial charge in [-0.05, 0) is 32.0 Å². The Bertz CT molecular complexity index is 683. The molecule has 0 radical (unpaired) electrons. The molecule has 0 unspecified atom stereocenters. The second-order valence-electron chi connectivity index (χ2n) is 4.67. The number of carbonyl (C=O) groups excluding carboxylic acids is 1. The number of esters is 1. The molecular weight excluding hydrogens is 322 g/mol. The summed E-state index contributed by atoms with van der Waals surface area (Å²) in [5, 5.41) is 8.85. The van der Waals surface area contributed by atoms with Gasteiger partial charge in [0.15, 0.2) is 0 Å². The van der Waals surface area contributed by atoms with Gasteiger partial charge in [-0.3, -0.25) is 4.79 Å². The maximum Gasteiger partial charge on any atom is 0.337 e. The normalized spacial score (nSPS) is 12.0. The Labute approximate surface area is 126 Å². The number of carboxylic acids is 1. The lowest BCUT2D eigenvalue weighted by Gasteiger charge is -2.22. The standard InChI is InChI=1S/C12H14ClNO6S/c1-12(2,11(17)20-3)14-21(18,19)7-4-5-9(13)8(6-7)10(15)16/h4-6,14H,1-3H3,(H,15,16). The SMILES string of the molecule is COC(=O)C(C)(C)NS(=O)(=O)c1ccc(Cl)c(C(=O)O)c1. The summed E-state index contributed by atoms with van der Waals surface area (Å²) >= 11 is 5.68. The topological polar surface area (TPSA) is 110 Å². The fraction of sp³-hybridized carbons (Fsp3) is 0.333. The van der Waals surface area contributed by atoms with E-state index >= 15 is 0 Å². The summed E-state index contributed by atoms with van der Waals surface area (Å²) in [7, 11) is -2.99. The molecule has 0 atom stereocenters. The van der Waals surface area contributed by atoms with E-state index in [1.54, 1.807) is 0 Å². The zero-order chi connectivity index (χ0) is 16.4. The number of benzene rings is 1. The van der Waals surface area contributed by atoms with Crippen molar-refractivity contribution in [2.45, 2.75) is 24.3 Å². The first-order valence-electron chi connectivity index (χ1n) is 5.66. The van der Waals surface area contributed by atoms with Gasteiger partial charge >= 0.3 is 11.9 Å². The van der Waals surface area contributed by atoms with E-state index in [4.69, 9.17) is 16.7 Å². The van der Waals surface area contributed by atoms with Crippen LogP contribution in [0.25, 0.3) is 0 Å². The largest absolute Gasteiger partial charge is 0.478 e. The number of methoxy groups -OCH3 is 1. The van der Waals surface area contributed by atoms with E-state index in [1.165, 1.54) is 13.8 Å². The van der Waals surface area contributed by atoms with E-state index in [0.29, 0.717) is 0 Å². The van der Waals surface area contributed by atoms with Gasteiger partial charge in [0.25, 0.3) is 0 Å². The molecule has 0 aromatic heterocycles. The third-order valence-corrected chi connectivity index (χ3v) is 4.55. The van der Waals surface area contributed by atoms with E-state index < -0.39 is 27.5 Å². The van der Waals surface area contributed by atoms with Gasteiger partial charge in [0.05, 0.1) is 22.6 Å². The van der Waals surface area contributed by atoms with Crippen LogP contribution in [0.15, 0.2) is 23.1 Å². The highest BCUT2D eigenvalue weighted by atomic mass is 35.5. The monoisotopic (exact) mass is 335 g/mol. The predicted molar refractivity (Wildman–Crippen MR) is 74.8 cm³/mol. The summed E-state index contributed by atoms with van der Waals surface area (Å²) in [6.45, 7) is 2.65. The lowest BCUT2D eigenvalue weighted by molar-refractivity contribution is -0.146. The van der Waals surface area contributed by atoms with Crippen molar-refractivity contribution in [2.24, 2.45) is 0 Å². The molecule has 9 heteroatoms. The number of hydrogen-bond donors (Lipinski definition) is 2. The lowest BCUT2D eigenvalue weighted by Crippen LogP contribution is -2.50. The van der Waals surface area contributed by atoms with Crippen LogP contribution in [0.2, 0.25) is 5.02 Å². The van der Waals surface area contributed by atoms with E-state index in [0.717, 1.165) is 25.3 Å². The third kappa shape index (κ3) is 3.93. The van der Waals surface area contributed by atoms with Crippen LogP contribution in [0, 0.1) is 0 Å². The maximum atomic E-state index is 12.2. The van der Waals surface area contributed by atoms with Crippen molar-refractivity contribution in [3.8, 4) is 0 Å². The molecule has 1 aromatic carbocycles. The van der Waals surface area contributed by atoms with Crippen molar-refractivity contribution in [3.05, 3.63) is 28.8 Å². The predicted octanol–water partition coefficient (Wildman–Crippen LogP) is 1.27. The summed E-state index contributed by atoms with van der Waals surface area (Å²) in [6.07, 6.45) is 0. The molecule has 0 fully saturated rings. The van der Waals surface area contributed by atoms with Crippen LogP contribution in [-0.2, 0) is 19.6 Å². The summed E-state index contributed by atoms with van der Waals surface area (Å²) in [6, 6.07) is 3.22. The van der Waals surface area contributed by atoms with Crippen LogP contribution < -0.4 is 4.72 Å². The number of carbonyl (C=O) groups is 2. The Morgan fingerprint density at radius 1 is 1.33 bits per heavy atom. The summed E-state index contributed by atoms with van der Waals surface area (Å²) in [5.74, 6) is -2.14. The van der Waals surface area contributed by atoms with Crippen molar-refractivity contribution in [3.63, 3.8) is 0 Å². The van der Waals surface area contributed by atoms with Crippen LogP contribution in [0.1, 0.15) is 24.2 Å². The first kappa shape index (κ1) is 17.4. The highest BCUT2D eigenvalue weighted by molar-refractivity contribution is 7.89. The fourth-order valence-corrected chi connectivity index (χ4v) is 3.12. The van der Waals surface area contributed by atoms with Gasteiger partial charge in [0.1, 0.15) is 5.54 Å². The van der Waals surface area contributed by atoms with Gasteiger partial charge in [0, 0.05) is 0 Å². The molecule has 1 aromatic rings. The number of hydrogen-bond acceptors (Lipinski definition) is 5. The Morgan fingerprint density at radius 2 is 1.90 bits per heavy atom. The minimum absolute atomic E-state index is 0.0892. The maximum absolute atomic E-state index is 12.2. The van der Waals surface area contributed by atoms with Crippen LogP contribution in [0.5, 0.6) is 0 Å². The van der Waals surface area contributed by atoms with E-state index in [9.17, 15) is 18.0 Å². The molecule has 0 bridgehead atoms. The zero-order valence-corrected chi connectivity index (χ0v) is 13.1. The third-order valence-electron chi connectivity index (χ3n) is 2.56. The first-order valence-corrected chi connectivity index (χ1v) is 7.52. The van der Waals surface area contributed by atoms with E-state index in [2.05, 4.69) is 9.46 Å². The minimum Gasteiger partial charge on any atom is -0.478 e. The Morgan fingerprint density at radius 3 is 2.38 bits per heavy atom. The number of aromatic carboxylic acids is 1. The van der Waals surface area contributed by atoms with Crippen LogP contribution in [-0.4, -0.2) is 38.1 Å². The minimum atomic E-state index is -4.12. The second-order valence-corrected chi connectivity index (χ2v) is 6.76. The number of carboxylic acid groups (broad SMARTS) is 1. The molecule has 0 saturated carbocycles. The number of halogens is 1. The van der Waals surface area contributed by atoms with Gasteiger partial charge in [-0.1, -0.05) is 11.6 Å². The molecule has 7 nitrogen and oxygen atoms in total. The average Bonchev–Trinajstić information content (AvgIpc) is 2.36. The van der Waals surface area contributed by atoms with Crippen molar-refractivity contribution >= 4 is 33.6 Å². The summed E-state index contributed by atoms with van der Waals surface area (Å²) < 4.78 is 31.0. The highest BCUT2D eigenvalue weighted by Gasteiger charge is 2.34. The molecule has 1 rings (SSSR count). The van der Waals surface area contributed by atoms with Gasteiger partial charge in [-0.2, -0.15) is 4.72 Å². The van der Waals surface area contributed by atoms with Gasteiger partial charge in [0.2, 0.25) is 10.0 Å². The molecule has 21 heavy (non-hydrogen) atoms. The molecule has 0 spiro atoms. The van der Waals surface area contributed by atoms with Crippen LogP contribution >= 0.6 is 11.6 Å². The quantitative estimate of drug-likeness (QED) is 0.784. The number of nitrogens with one attached hydrogen (secondary N) is 1. The van der Waals surface area contributed by atoms with Gasteiger partial charge < -0.3 is 9.84 Å². The van der Waals surface area contributed by atoms with Crippen LogP contribution in [0.4, 0.5) is 0 Å². The molecule has 0 aliphatic carbocycles. The smallest absolute Gasteiger partial charge is 0.337 e. The average molecular weight is 336 g/mol. The first-order chi connectivity index (χ1) is 9.51. The molecule has 2 N–H and O–H groups in total. The van der Waals surface area contributed by atoms with E-state index in [-0.39, 0.29) is 15.5 Å². The summed E-state index contributed by atoms with van der Waals surface area (Å²) in [4.78, 5) is 22.2. The van der Waals surface area contributed by atoms with Crippen LogP contribution in [0.3, 0.4) is 0 Å². The molecule has 116 valence electrons. The van der Waals surface area contributed by atoms with E-state index in [1.807, 2.05) is 0 Å². The van der Waals surface area contributed by atoms with Gasteiger partial charge in [-0.15, -0.1) is 0 Å². The van der Waals surface area contributed by atoms with Crippen molar-refractivity contribution in [1.82, 2.24) is 4.72 Å². The Balaban J connectivity index is 3.24. The molecule has 0 aliphatic rings.